The van der Waals surface area contributed by atoms with Crippen molar-refractivity contribution in [3.8, 4) is 0 Å². The highest BCUT2D eigenvalue weighted by atomic mass is 19.1. The quantitative estimate of drug-likeness (QED) is 0.820. The number of benzene rings is 2. The Morgan fingerprint density at radius 1 is 1.19 bits per heavy atom. The van der Waals surface area contributed by atoms with Crippen molar-refractivity contribution in [1.29, 1.82) is 0 Å². The van der Waals surface area contributed by atoms with Crippen LogP contribution in [0, 0.1) is 5.82 Å². The standard InChI is InChI=1S/C22H21FN2O2/c1-2-21(26)24-20-9-4-3-6-18(20)15-22(27)25-12-10-16(11-13-25)17-7-5-8-19(23)14-17/h2-10,14H,1,11-13,15H2,(H,24,26). The fraction of sp³-hybridized carbons (Fsp3) is 0.182. The molecule has 1 aliphatic rings. The number of anilines is 1. The van der Waals surface area contributed by atoms with Gasteiger partial charge in [0, 0.05) is 18.8 Å². The average molecular weight is 364 g/mol. The zero-order valence-corrected chi connectivity index (χ0v) is 15.0. The first-order valence-corrected chi connectivity index (χ1v) is 8.81. The maximum absolute atomic E-state index is 13.4. The van der Waals surface area contributed by atoms with Gasteiger partial charge < -0.3 is 10.2 Å². The summed E-state index contributed by atoms with van der Waals surface area (Å²) >= 11 is 0. The van der Waals surface area contributed by atoms with Gasteiger partial charge in [0.25, 0.3) is 0 Å². The molecule has 4 nitrogen and oxygen atoms in total. The molecule has 3 rings (SSSR count). The van der Waals surface area contributed by atoms with Gasteiger partial charge in [-0.3, -0.25) is 9.59 Å². The van der Waals surface area contributed by atoms with E-state index >= 15 is 0 Å². The van der Waals surface area contributed by atoms with E-state index in [1.54, 1.807) is 17.0 Å². The first kappa shape index (κ1) is 18.6. The smallest absolute Gasteiger partial charge is 0.247 e. The highest BCUT2D eigenvalue weighted by Crippen LogP contribution is 2.24. The Hall–Kier alpha value is -3.21. The van der Waals surface area contributed by atoms with E-state index in [1.165, 1.54) is 18.2 Å². The number of para-hydroxylation sites is 1. The third-order valence-corrected chi connectivity index (χ3v) is 4.56. The Morgan fingerprint density at radius 2 is 2.00 bits per heavy atom. The van der Waals surface area contributed by atoms with E-state index in [-0.39, 0.29) is 24.1 Å². The van der Waals surface area contributed by atoms with Crippen molar-refractivity contribution in [2.45, 2.75) is 12.8 Å². The highest BCUT2D eigenvalue weighted by Gasteiger charge is 2.19. The molecule has 138 valence electrons. The van der Waals surface area contributed by atoms with Crippen LogP contribution in [0.4, 0.5) is 10.1 Å². The van der Waals surface area contributed by atoms with Gasteiger partial charge in [-0.1, -0.05) is 43.0 Å². The van der Waals surface area contributed by atoms with E-state index in [9.17, 15) is 14.0 Å². The maximum Gasteiger partial charge on any atom is 0.247 e. The summed E-state index contributed by atoms with van der Waals surface area (Å²) in [5.74, 6) is -0.578. The van der Waals surface area contributed by atoms with Gasteiger partial charge in [-0.25, -0.2) is 4.39 Å². The topological polar surface area (TPSA) is 49.4 Å². The Kier molecular flexibility index (Phi) is 5.81. The Bertz CT molecular complexity index is 905. The minimum Gasteiger partial charge on any atom is -0.338 e. The van der Waals surface area contributed by atoms with Crippen molar-refractivity contribution >= 4 is 23.1 Å². The molecule has 27 heavy (non-hydrogen) atoms. The van der Waals surface area contributed by atoms with Gasteiger partial charge in [0.15, 0.2) is 0 Å². The Balaban J connectivity index is 1.67. The van der Waals surface area contributed by atoms with Crippen LogP contribution in [-0.2, 0) is 16.0 Å². The summed E-state index contributed by atoms with van der Waals surface area (Å²) in [6.07, 6.45) is 4.06. The van der Waals surface area contributed by atoms with Crippen molar-refractivity contribution in [3.63, 3.8) is 0 Å². The maximum atomic E-state index is 13.4. The van der Waals surface area contributed by atoms with Gasteiger partial charge in [-0.05, 0) is 47.4 Å². The summed E-state index contributed by atoms with van der Waals surface area (Å²) in [5.41, 5.74) is 3.29. The summed E-state index contributed by atoms with van der Waals surface area (Å²) in [4.78, 5) is 26.0. The number of carbonyl (C=O) groups is 2. The molecular weight excluding hydrogens is 343 g/mol. The number of hydrogen-bond acceptors (Lipinski definition) is 2. The monoisotopic (exact) mass is 364 g/mol. The molecule has 0 unspecified atom stereocenters. The molecule has 2 aromatic rings. The summed E-state index contributed by atoms with van der Waals surface area (Å²) in [5, 5.41) is 2.73. The molecule has 5 heteroatoms. The first-order valence-electron chi connectivity index (χ1n) is 8.81. The zero-order chi connectivity index (χ0) is 19.2. The minimum absolute atomic E-state index is 0.00940. The third kappa shape index (κ3) is 4.70. The average Bonchev–Trinajstić information content (AvgIpc) is 2.69. The molecule has 1 aliphatic heterocycles. The van der Waals surface area contributed by atoms with Crippen molar-refractivity contribution in [1.82, 2.24) is 4.90 Å². The number of carbonyl (C=O) groups excluding carboxylic acids is 2. The predicted molar refractivity (Wildman–Crippen MR) is 105 cm³/mol. The largest absolute Gasteiger partial charge is 0.338 e. The predicted octanol–water partition coefficient (Wildman–Crippen LogP) is 3.81. The summed E-state index contributed by atoms with van der Waals surface area (Å²) in [6.45, 7) is 4.52. The van der Waals surface area contributed by atoms with E-state index in [4.69, 9.17) is 0 Å². The number of amides is 2. The van der Waals surface area contributed by atoms with Crippen LogP contribution >= 0.6 is 0 Å². The van der Waals surface area contributed by atoms with Crippen LogP contribution in [0.2, 0.25) is 0 Å². The van der Waals surface area contributed by atoms with Gasteiger partial charge in [0.2, 0.25) is 11.8 Å². The molecular formula is C22H21FN2O2. The van der Waals surface area contributed by atoms with Crippen molar-refractivity contribution < 1.29 is 14.0 Å². The fourth-order valence-corrected chi connectivity index (χ4v) is 3.10. The van der Waals surface area contributed by atoms with Crippen molar-refractivity contribution in [3.05, 3.63) is 84.2 Å². The van der Waals surface area contributed by atoms with E-state index < -0.39 is 0 Å². The Labute approximate surface area is 158 Å². The van der Waals surface area contributed by atoms with E-state index in [1.807, 2.05) is 30.3 Å². The lowest BCUT2D eigenvalue weighted by Gasteiger charge is -2.27. The van der Waals surface area contributed by atoms with Gasteiger partial charge in [-0.2, -0.15) is 0 Å². The van der Waals surface area contributed by atoms with Crippen LogP contribution in [0.3, 0.4) is 0 Å². The van der Waals surface area contributed by atoms with Crippen LogP contribution < -0.4 is 5.32 Å². The molecule has 0 aromatic heterocycles. The summed E-state index contributed by atoms with van der Waals surface area (Å²) < 4.78 is 13.4. The number of halogens is 1. The molecule has 1 heterocycles. The Morgan fingerprint density at radius 3 is 2.70 bits per heavy atom. The molecule has 0 saturated heterocycles. The van der Waals surface area contributed by atoms with Gasteiger partial charge in [-0.15, -0.1) is 0 Å². The van der Waals surface area contributed by atoms with Crippen LogP contribution in [-0.4, -0.2) is 29.8 Å². The molecule has 0 aliphatic carbocycles. The van der Waals surface area contributed by atoms with Crippen LogP contribution in [0.5, 0.6) is 0 Å². The number of rotatable bonds is 5. The molecule has 0 bridgehead atoms. The fourth-order valence-electron chi connectivity index (χ4n) is 3.10. The summed E-state index contributed by atoms with van der Waals surface area (Å²) in [7, 11) is 0. The van der Waals surface area contributed by atoms with Gasteiger partial charge in [0.05, 0.1) is 6.42 Å². The number of nitrogens with one attached hydrogen (secondary N) is 1. The molecule has 2 amide bonds. The molecule has 0 spiro atoms. The van der Waals surface area contributed by atoms with E-state index in [0.717, 1.165) is 16.7 Å². The lowest BCUT2D eigenvalue weighted by atomic mass is 9.99. The molecule has 0 saturated carbocycles. The van der Waals surface area contributed by atoms with Gasteiger partial charge in [0.1, 0.15) is 5.82 Å². The minimum atomic E-state index is -0.310. The van der Waals surface area contributed by atoms with E-state index in [2.05, 4.69) is 11.9 Å². The lowest BCUT2D eigenvalue weighted by molar-refractivity contribution is -0.130. The number of nitrogens with zero attached hydrogens (tertiary/aromatic N) is 1. The highest BCUT2D eigenvalue weighted by molar-refractivity contribution is 5.99. The number of hydrogen-bond donors (Lipinski definition) is 1. The SMILES string of the molecule is C=CC(=O)Nc1ccccc1CC(=O)N1CC=C(c2cccc(F)c2)CC1. The summed E-state index contributed by atoms with van der Waals surface area (Å²) in [6, 6.07) is 13.7. The van der Waals surface area contributed by atoms with Crippen molar-refractivity contribution in [2.24, 2.45) is 0 Å². The van der Waals surface area contributed by atoms with E-state index in [0.29, 0.717) is 25.2 Å². The van der Waals surface area contributed by atoms with Crippen LogP contribution in [0.15, 0.2) is 67.3 Å². The molecule has 0 radical (unpaired) electrons. The molecule has 1 N–H and O–H groups in total. The lowest BCUT2D eigenvalue weighted by Crippen LogP contribution is -2.35. The molecule has 0 atom stereocenters. The second kappa shape index (κ2) is 8.45. The van der Waals surface area contributed by atoms with Gasteiger partial charge >= 0.3 is 0 Å². The normalized spacial score (nSPS) is 13.7. The van der Waals surface area contributed by atoms with Crippen molar-refractivity contribution in [2.75, 3.05) is 18.4 Å². The zero-order valence-electron chi connectivity index (χ0n) is 15.0. The first-order chi connectivity index (χ1) is 13.1. The van der Waals surface area contributed by atoms with Crippen LogP contribution in [0.25, 0.3) is 5.57 Å². The molecule has 0 fully saturated rings. The van der Waals surface area contributed by atoms with Crippen LogP contribution in [0.1, 0.15) is 17.5 Å². The third-order valence-electron chi connectivity index (χ3n) is 4.56. The second-order valence-corrected chi connectivity index (χ2v) is 6.36. The molecule has 2 aromatic carbocycles. The second-order valence-electron chi connectivity index (χ2n) is 6.36.